The van der Waals surface area contributed by atoms with E-state index < -0.39 is 0 Å². The number of aromatic amines is 1. The largest absolute Gasteiger partial charge is 0.355 e. The molecule has 13 rings (SSSR count). The zero-order valence-electron chi connectivity index (χ0n) is 34.5. The average molecular weight is 840 g/mol. The van der Waals surface area contributed by atoms with Crippen molar-refractivity contribution in [1.82, 2.24) is 34.1 Å². The fraction of sp³-hybridized carbons (Fsp3) is 0. The molecule has 0 saturated heterocycles. The van der Waals surface area contributed by atoms with Gasteiger partial charge in [-0.05, 0) is 93.5 Å². The average Bonchev–Trinajstić information content (AvgIpc) is 4.03. The third-order valence-electron chi connectivity index (χ3n) is 11.8. The molecule has 0 aliphatic carbocycles. The van der Waals surface area contributed by atoms with Crippen molar-refractivity contribution in [3.63, 3.8) is 0 Å². The van der Waals surface area contributed by atoms with E-state index in [0.29, 0.717) is 0 Å². The van der Waals surface area contributed by atoms with Gasteiger partial charge in [0.25, 0.3) is 0 Å². The molecule has 0 aliphatic rings. The summed E-state index contributed by atoms with van der Waals surface area (Å²) in [5.41, 5.74) is 12.2. The highest BCUT2D eigenvalue weighted by molar-refractivity contribution is 7.54. The summed E-state index contributed by atoms with van der Waals surface area (Å²) in [7, 11) is 0.269. The van der Waals surface area contributed by atoms with Crippen LogP contribution in [0.3, 0.4) is 0 Å². The number of hydrogen-bond acceptors (Lipinski definition) is 4. The molecule has 7 nitrogen and oxygen atoms in total. The molecule has 0 bridgehead atoms. The van der Waals surface area contributed by atoms with Crippen LogP contribution in [0.15, 0.2) is 218 Å². The molecule has 0 amide bonds. The van der Waals surface area contributed by atoms with E-state index in [1.54, 1.807) is 0 Å². The van der Waals surface area contributed by atoms with Gasteiger partial charge >= 0.3 is 0 Å². The maximum absolute atomic E-state index is 5.13. The number of fused-ring (bicyclic) bond motifs is 9. The summed E-state index contributed by atoms with van der Waals surface area (Å²) in [4.78, 5) is 23.8. The maximum atomic E-state index is 5.13. The Kier molecular flexibility index (Phi) is 9.32. The summed E-state index contributed by atoms with van der Waals surface area (Å²) in [5.74, 6) is 1.73. The number of pyridine rings is 4. The molecule has 1 N–H and O–H groups in total. The third-order valence-corrected chi connectivity index (χ3v) is 12.8. The van der Waals surface area contributed by atoms with E-state index in [4.69, 9.17) is 19.9 Å². The lowest BCUT2D eigenvalue weighted by atomic mass is 10.2. The molecule has 0 fully saturated rings. The van der Waals surface area contributed by atoms with Crippen molar-refractivity contribution in [1.29, 1.82) is 0 Å². The first-order valence-electron chi connectivity index (χ1n) is 21.3. The van der Waals surface area contributed by atoms with Crippen molar-refractivity contribution in [2.24, 2.45) is 0 Å². The molecule has 302 valence electrons. The maximum Gasteiger partial charge on any atom is 0.138 e. The fourth-order valence-corrected chi connectivity index (χ4v) is 9.92. The van der Waals surface area contributed by atoms with Crippen LogP contribution in [-0.4, -0.2) is 34.1 Å². The second kappa shape index (κ2) is 15.9. The van der Waals surface area contributed by atoms with Gasteiger partial charge in [0.05, 0.1) is 55.7 Å². The van der Waals surface area contributed by atoms with E-state index in [1.165, 1.54) is 43.4 Å². The lowest BCUT2D eigenvalue weighted by Crippen LogP contribution is -2.11. The first-order valence-corrected chi connectivity index (χ1v) is 22.3. The fourth-order valence-electron chi connectivity index (χ4n) is 8.94. The predicted octanol–water partition coefficient (Wildman–Crippen LogP) is 12.7. The van der Waals surface area contributed by atoms with Gasteiger partial charge in [-0.25, -0.2) is 19.9 Å². The van der Waals surface area contributed by atoms with E-state index >= 15 is 0 Å². The Morgan fingerprint density at radius 2 is 0.594 bits per heavy atom. The van der Waals surface area contributed by atoms with Crippen LogP contribution < -0.4 is 10.9 Å². The van der Waals surface area contributed by atoms with Crippen LogP contribution in [0, 0.1) is 0 Å². The van der Waals surface area contributed by atoms with Crippen LogP contribution in [-0.2, 0) is 0 Å². The molecule has 0 atom stereocenters. The molecular formula is C56H38N7P. The molecule has 13 aromatic rings. The number of rotatable bonds is 6. The van der Waals surface area contributed by atoms with Crippen molar-refractivity contribution in [3.8, 4) is 34.4 Å². The lowest BCUT2D eigenvalue weighted by Gasteiger charge is -2.10. The van der Waals surface area contributed by atoms with Crippen LogP contribution in [0.4, 0.5) is 0 Å². The SMILES string of the molecule is c1cc(Pc2cccc(-c3cccc(-n4c5ccccc5c5ccccc54)n3)n2)nc(-c2cccc(-n3c4ccccc4c4ccccc43)n2)c1.c1ccc2c(c1)[nH]c1ccccc12. The van der Waals surface area contributed by atoms with Crippen LogP contribution in [0.25, 0.3) is 99.8 Å². The van der Waals surface area contributed by atoms with Gasteiger partial charge in [0.1, 0.15) is 11.6 Å². The summed E-state index contributed by atoms with van der Waals surface area (Å²) >= 11 is 0. The second-order valence-corrected chi connectivity index (χ2v) is 16.9. The molecule has 8 heteroatoms. The zero-order valence-corrected chi connectivity index (χ0v) is 35.5. The van der Waals surface area contributed by atoms with Gasteiger partial charge in [-0.1, -0.05) is 133 Å². The van der Waals surface area contributed by atoms with Gasteiger partial charge in [0.15, 0.2) is 0 Å². The van der Waals surface area contributed by atoms with Crippen LogP contribution >= 0.6 is 8.58 Å². The Labute approximate surface area is 370 Å². The van der Waals surface area contributed by atoms with E-state index in [9.17, 15) is 0 Å². The van der Waals surface area contributed by atoms with Gasteiger partial charge in [0.2, 0.25) is 0 Å². The minimum atomic E-state index is 0.269. The van der Waals surface area contributed by atoms with Gasteiger partial charge in [-0.2, -0.15) is 0 Å². The summed E-state index contributed by atoms with van der Waals surface area (Å²) in [6.07, 6.45) is 0. The van der Waals surface area contributed by atoms with Crippen molar-refractivity contribution >= 4 is 84.9 Å². The van der Waals surface area contributed by atoms with E-state index in [2.05, 4.69) is 208 Å². The number of H-pyrrole nitrogens is 1. The highest BCUT2D eigenvalue weighted by atomic mass is 31.1. The first-order chi connectivity index (χ1) is 31.7. The van der Waals surface area contributed by atoms with Gasteiger partial charge < -0.3 is 4.98 Å². The lowest BCUT2D eigenvalue weighted by molar-refractivity contribution is 1.08. The predicted molar refractivity (Wildman–Crippen MR) is 267 cm³/mol. The molecular weight excluding hydrogens is 802 g/mol. The van der Waals surface area contributed by atoms with E-state index in [1.807, 2.05) is 24.3 Å². The summed E-state index contributed by atoms with van der Waals surface area (Å²) in [5, 5.41) is 7.46. The topological polar surface area (TPSA) is 77.2 Å². The minimum Gasteiger partial charge on any atom is -0.355 e. The molecule has 6 aromatic carbocycles. The van der Waals surface area contributed by atoms with Crippen molar-refractivity contribution < 1.29 is 0 Å². The molecule has 0 aliphatic heterocycles. The van der Waals surface area contributed by atoms with Crippen molar-refractivity contribution in [2.75, 3.05) is 0 Å². The molecule has 0 saturated carbocycles. The Morgan fingerprint density at radius 1 is 0.281 bits per heavy atom. The smallest absolute Gasteiger partial charge is 0.138 e. The molecule has 0 unspecified atom stereocenters. The summed E-state index contributed by atoms with van der Waals surface area (Å²) in [6.45, 7) is 0. The van der Waals surface area contributed by atoms with Crippen molar-refractivity contribution in [3.05, 3.63) is 218 Å². The number of benzene rings is 6. The number of aromatic nitrogens is 7. The molecule has 64 heavy (non-hydrogen) atoms. The van der Waals surface area contributed by atoms with Gasteiger partial charge in [0, 0.05) is 43.4 Å². The summed E-state index contributed by atoms with van der Waals surface area (Å²) < 4.78 is 4.47. The van der Waals surface area contributed by atoms with E-state index in [0.717, 1.165) is 67.3 Å². The number of nitrogens with zero attached hydrogens (tertiary/aromatic N) is 6. The normalized spacial score (nSPS) is 11.5. The highest BCUT2D eigenvalue weighted by Crippen LogP contribution is 2.33. The Hall–Kier alpha value is -8.25. The Balaban J connectivity index is 0.000000283. The van der Waals surface area contributed by atoms with Crippen LogP contribution in [0.5, 0.6) is 0 Å². The standard InChI is InChI=1S/C44H29N6P.C12H9N/c1-5-21-37-29(13-1)30-14-2-6-22-38(30)49(37)41-25-9-17-33(45-41)35-19-11-27-43(47-35)51-44-28-12-20-36(48-44)34-18-10-26-42(46-34)50-39-23-7-3-15-31(39)32-16-4-8-24-40(32)50;1-3-7-11-9(5-1)10-6-2-4-8-12(10)13-11/h1-28,51H;1-8,13H. The highest BCUT2D eigenvalue weighted by Gasteiger charge is 2.16. The molecule has 0 radical (unpaired) electrons. The number of hydrogen-bond donors (Lipinski definition) is 1. The number of para-hydroxylation sites is 6. The van der Waals surface area contributed by atoms with Crippen LogP contribution in [0.1, 0.15) is 0 Å². The monoisotopic (exact) mass is 839 g/mol. The minimum absolute atomic E-state index is 0.269. The zero-order chi connectivity index (χ0) is 42.4. The van der Waals surface area contributed by atoms with Gasteiger partial charge in [-0.15, -0.1) is 0 Å². The second-order valence-electron chi connectivity index (χ2n) is 15.7. The summed E-state index contributed by atoms with van der Waals surface area (Å²) in [6, 6.07) is 75.3. The van der Waals surface area contributed by atoms with Crippen LogP contribution in [0.2, 0.25) is 0 Å². The Bertz CT molecular complexity index is 3510. The Morgan fingerprint density at radius 3 is 0.984 bits per heavy atom. The van der Waals surface area contributed by atoms with Crippen molar-refractivity contribution in [2.45, 2.75) is 0 Å². The third kappa shape index (κ3) is 6.67. The molecule has 7 heterocycles. The molecule has 7 aromatic heterocycles. The quantitative estimate of drug-likeness (QED) is 0.169. The first kappa shape index (κ1) is 37.5. The van der Waals surface area contributed by atoms with Gasteiger partial charge in [-0.3, -0.25) is 9.13 Å². The molecule has 0 spiro atoms. The van der Waals surface area contributed by atoms with E-state index in [-0.39, 0.29) is 8.58 Å². The number of nitrogens with one attached hydrogen (secondary N) is 1.